The number of tetrazole rings is 1. The van der Waals surface area contributed by atoms with E-state index in [4.69, 9.17) is 23.2 Å². The van der Waals surface area contributed by atoms with Crippen molar-refractivity contribution in [2.75, 3.05) is 11.1 Å². The molecule has 25 heavy (non-hydrogen) atoms. The molecule has 0 saturated heterocycles. The molecular formula is C16H13Cl2N5OS. The van der Waals surface area contributed by atoms with Crippen LogP contribution in [0.5, 0.6) is 0 Å². The van der Waals surface area contributed by atoms with E-state index in [9.17, 15) is 4.79 Å². The topological polar surface area (TPSA) is 72.7 Å². The van der Waals surface area contributed by atoms with Gasteiger partial charge in [0.05, 0.1) is 27.2 Å². The van der Waals surface area contributed by atoms with Gasteiger partial charge >= 0.3 is 0 Å². The number of carbonyl (C=O) groups is 1. The number of nitrogens with zero attached hydrogens (tertiary/aromatic N) is 4. The van der Waals surface area contributed by atoms with Gasteiger partial charge in [-0.2, -0.15) is 4.68 Å². The number of para-hydroxylation sites is 1. The van der Waals surface area contributed by atoms with E-state index < -0.39 is 0 Å². The predicted octanol–water partition coefficient (Wildman–Crippen LogP) is 4.01. The van der Waals surface area contributed by atoms with E-state index in [0.717, 1.165) is 11.3 Å². The molecule has 0 saturated carbocycles. The second kappa shape index (κ2) is 7.86. The summed E-state index contributed by atoms with van der Waals surface area (Å²) >= 11 is 13.3. The minimum Gasteiger partial charge on any atom is -0.323 e. The van der Waals surface area contributed by atoms with Gasteiger partial charge in [0.2, 0.25) is 11.1 Å². The van der Waals surface area contributed by atoms with Crippen LogP contribution in [0.3, 0.4) is 0 Å². The largest absolute Gasteiger partial charge is 0.323 e. The van der Waals surface area contributed by atoms with Crippen LogP contribution in [-0.4, -0.2) is 31.9 Å². The lowest BCUT2D eigenvalue weighted by Crippen LogP contribution is -2.15. The molecule has 128 valence electrons. The monoisotopic (exact) mass is 393 g/mol. The van der Waals surface area contributed by atoms with E-state index in [-0.39, 0.29) is 11.7 Å². The third-order valence-electron chi connectivity index (χ3n) is 3.28. The average molecular weight is 394 g/mol. The number of aryl methyl sites for hydroxylation is 1. The second-order valence-electron chi connectivity index (χ2n) is 5.14. The quantitative estimate of drug-likeness (QED) is 0.662. The summed E-state index contributed by atoms with van der Waals surface area (Å²) in [6, 6.07) is 12.8. The number of amides is 1. The number of anilines is 1. The fraction of sp³-hybridized carbons (Fsp3) is 0.125. The van der Waals surface area contributed by atoms with Gasteiger partial charge in [0, 0.05) is 0 Å². The lowest BCUT2D eigenvalue weighted by Gasteiger charge is -2.09. The van der Waals surface area contributed by atoms with Crippen molar-refractivity contribution >= 4 is 46.6 Å². The minimum absolute atomic E-state index is 0.119. The average Bonchev–Trinajstić information content (AvgIpc) is 3.06. The van der Waals surface area contributed by atoms with Crippen LogP contribution in [0.1, 0.15) is 5.56 Å². The van der Waals surface area contributed by atoms with Gasteiger partial charge < -0.3 is 5.32 Å². The van der Waals surface area contributed by atoms with Crippen LogP contribution in [0.2, 0.25) is 10.0 Å². The highest BCUT2D eigenvalue weighted by molar-refractivity contribution is 7.99. The maximum Gasteiger partial charge on any atom is 0.234 e. The first-order chi connectivity index (χ1) is 12.0. The molecule has 0 bridgehead atoms. The summed E-state index contributed by atoms with van der Waals surface area (Å²) in [6.07, 6.45) is 0. The molecule has 0 aliphatic carbocycles. The summed E-state index contributed by atoms with van der Waals surface area (Å²) in [5, 5.41) is 15.6. The van der Waals surface area contributed by atoms with E-state index in [1.54, 1.807) is 22.9 Å². The van der Waals surface area contributed by atoms with Gasteiger partial charge in [0.1, 0.15) is 0 Å². The number of halogens is 2. The number of benzene rings is 2. The van der Waals surface area contributed by atoms with Crippen molar-refractivity contribution in [3.05, 3.63) is 58.1 Å². The maximum absolute atomic E-state index is 12.2. The van der Waals surface area contributed by atoms with Gasteiger partial charge in [-0.05, 0) is 41.6 Å². The molecule has 1 aromatic heterocycles. The Morgan fingerprint density at radius 1 is 1.16 bits per heavy atom. The minimum atomic E-state index is -0.251. The zero-order chi connectivity index (χ0) is 17.8. The van der Waals surface area contributed by atoms with E-state index in [0.29, 0.717) is 20.9 Å². The smallest absolute Gasteiger partial charge is 0.234 e. The molecule has 0 radical (unpaired) electrons. The fourth-order valence-corrected chi connectivity index (χ4v) is 3.22. The van der Waals surface area contributed by atoms with Crippen molar-refractivity contribution in [1.29, 1.82) is 0 Å². The van der Waals surface area contributed by atoms with Gasteiger partial charge in [-0.15, -0.1) is 5.10 Å². The molecule has 0 aliphatic heterocycles. The van der Waals surface area contributed by atoms with Gasteiger partial charge in [0.25, 0.3) is 0 Å². The Morgan fingerprint density at radius 2 is 1.84 bits per heavy atom. The number of carbonyl (C=O) groups excluding carboxylic acids is 1. The van der Waals surface area contributed by atoms with Gasteiger partial charge in [-0.1, -0.05) is 58.7 Å². The van der Waals surface area contributed by atoms with Gasteiger partial charge in [-0.25, -0.2) is 0 Å². The number of nitrogens with one attached hydrogen (secondary N) is 1. The van der Waals surface area contributed by atoms with E-state index in [2.05, 4.69) is 20.8 Å². The summed E-state index contributed by atoms with van der Waals surface area (Å²) < 4.78 is 1.58. The standard InChI is InChI=1S/C16H13Cl2N5OS/c1-10-5-7-11(8-6-10)23-16(20-21-22-23)25-9-14(24)19-15-12(17)3-2-4-13(15)18/h2-8H,9H2,1H3,(H,19,24). The number of rotatable bonds is 5. The molecule has 0 fully saturated rings. The van der Waals surface area contributed by atoms with Crippen LogP contribution in [0.15, 0.2) is 47.6 Å². The molecule has 0 spiro atoms. The van der Waals surface area contributed by atoms with Crippen LogP contribution < -0.4 is 5.32 Å². The Balaban J connectivity index is 1.67. The van der Waals surface area contributed by atoms with Crippen LogP contribution in [0.4, 0.5) is 5.69 Å². The Kier molecular flexibility index (Phi) is 5.57. The Bertz CT molecular complexity index is 878. The molecular weight excluding hydrogens is 381 g/mol. The molecule has 0 unspecified atom stereocenters. The zero-order valence-electron chi connectivity index (χ0n) is 13.1. The Morgan fingerprint density at radius 3 is 2.52 bits per heavy atom. The normalized spacial score (nSPS) is 10.7. The van der Waals surface area contributed by atoms with Crippen molar-refractivity contribution in [2.24, 2.45) is 0 Å². The van der Waals surface area contributed by atoms with Gasteiger partial charge in [0.15, 0.2) is 0 Å². The SMILES string of the molecule is Cc1ccc(-n2nnnc2SCC(=O)Nc2c(Cl)cccc2Cl)cc1. The number of aromatic nitrogens is 4. The van der Waals surface area contributed by atoms with Gasteiger partial charge in [-0.3, -0.25) is 4.79 Å². The number of hydrogen-bond acceptors (Lipinski definition) is 5. The Hall–Kier alpha value is -2.09. The summed E-state index contributed by atoms with van der Waals surface area (Å²) in [5.41, 5.74) is 2.37. The van der Waals surface area contributed by atoms with E-state index in [1.807, 2.05) is 31.2 Å². The molecule has 1 N–H and O–H groups in total. The molecule has 3 aromatic rings. The first kappa shape index (κ1) is 17.7. The second-order valence-corrected chi connectivity index (χ2v) is 6.90. The molecule has 2 aromatic carbocycles. The fourth-order valence-electron chi connectivity index (χ4n) is 2.04. The maximum atomic E-state index is 12.2. The highest BCUT2D eigenvalue weighted by Crippen LogP contribution is 2.30. The van der Waals surface area contributed by atoms with Crippen LogP contribution in [0.25, 0.3) is 5.69 Å². The molecule has 9 heteroatoms. The lowest BCUT2D eigenvalue weighted by molar-refractivity contribution is -0.113. The van der Waals surface area contributed by atoms with Crippen molar-refractivity contribution in [3.63, 3.8) is 0 Å². The molecule has 1 heterocycles. The summed E-state index contributed by atoms with van der Waals surface area (Å²) in [6.45, 7) is 2.00. The number of hydrogen-bond donors (Lipinski definition) is 1. The lowest BCUT2D eigenvalue weighted by atomic mass is 10.2. The zero-order valence-corrected chi connectivity index (χ0v) is 15.4. The highest BCUT2D eigenvalue weighted by atomic mass is 35.5. The van der Waals surface area contributed by atoms with Crippen molar-refractivity contribution in [3.8, 4) is 5.69 Å². The predicted molar refractivity (Wildman–Crippen MR) is 99.7 cm³/mol. The van der Waals surface area contributed by atoms with Crippen molar-refractivity contribution in [1.82, 2.24) is 20.2 Å². The number of thioether (sulfide) groups is 1. The van der Waals surface area contributed by atoms with E-state index >= 15 is 0 Å². The third-order valence-corrected chi connectivity index (χ3v) is 4.83. The summed E-state index contributed by atoms with van der Waals surface area (Å²) in [7, 11) is 0. The summed E-state index contributed by atoms with van der Waals surface area (Å²) in [5.74, 6) is -0.133. The van der Waals surface area contributed by atoms with Crippen molar-refractivity contribution in [2.45, 2.75) is 12.1 Å². The molecule has 0 aliphatic rings. The van der Waals surface area contributed by atoms with Crippen LogP contribution >= 0.6 is 35.0 Å². The van der Waals surface area contributed by atoms with Crippen LogP contribution in [-0.2, 0) is 4.79 Å². The summed E-state index contributed by atoms with van der Waals surface area (Å²) in [4.78, 5) is 12.2. The van der Waals surface area contributed by atoms with Crippen LogP contribution in [0, 0.1) is 6.92 Å². The van der Waals surface area contributed by atoms with E-state index in [1.165, 1.54) is 11.8 Å². The first-order valence-electron chi connectivity index (χ1n) is 7.26. The first-order valence-corrected chi connectivity index (χ1v) is 9.01. The highest BCUT2D eigenvalue weighted by Gasteiger charge is 2.13. The molecule has 0 atom stereocenters. The molecule has 3 rings (SSSR count). The van der Waals surface area contributed by atoms with Crippen molar-refractivity contribution < 1.29 is 4.79 Å². The third kappa shape index (κ3) is 4.31. The molecule has 1 amide bonds. The molecule has 6 nitrogen and oxygen atoms in total. The Labute approximate surface area is 158 Å².